The maximum absolute atomic E-state index is 13.5. The highest BCUT2D eigenvalue weighted by Gasteiger charge is 2.32. The predicted molar refractivity (Wildman–Crippen MR) is 132 cm³/mol. The molecule has 6 nitrogen and oxygen atoms in total. The van der Waals surface area contributed by atoms with Crippen LogP contribution in [-0.4, -0.2) is 54.3 Å². The van der Waals surface area contributed by atoms with Gasteiger partial charge in [-0.1, -0.05) is 20.8 Å². The number of rotatable bonds is 6. The summed E-state index contributed by atoms with van der Waals surface area (Å²) in [6.07, 6.45) is 1.30. The predicted octanol–water partition coefficient (Wildman–Crippen LogP) is 5.26. The Morgan fingerprint density at radius 1 is 1.22 bits per heavy atom. The van der Waals surface area contributed by atoms with Gasteiger partial charge in [-0.2, -0.15) is 18.2 Å². The molecule has 1 amide bonds. The summed E-state index contributed by atoms with van der Waals surface area (Å²) >= 11 is 1.37. The first-order chi connectivity index (χ1) is 16.9. The third-order valence-electron chi connectivity index (χ3n) is 6.72. The van der Waals surface area contributed by atoms with Gasteiger partial charge in [0.05, 0.1) is 23.8 Å². The highest BCUT2D eigenvalue weighted by molar-refractivity contribution is 7.09. The Hall–Kier alpha value is -2.17. The number of halogens is 3. The normalized spacial score (nSPS) is 21.9. The number of carbonyl (C=O) groups is 1. The second-order valence-electron chi connectivity index (χ2n) is 10.6. The number of amides is 1. The Morgan fingerprint density at radius 2 is 2.00 bits per heavy atom. The lowest BCUT2D eigenvalue weighted by Crippen LogP contribution is -2.30. The highest BCUT2D eigenvalue weighted by Crippen LogP contribution is 2.33. The summed E-state index contributed by atoms with van der Waals surface area (Å²) in [6, 6.07) is 3.19. The molecule has 0 N–H and O–H groups in total. The van der Waals surface area contributed by atoms with Crippen LogP contribution in [0.4, 0.5) is 13.2 Å². The summed E-state index contributed by atoms with van der Waals surface area (Å²) in [4.78, 5) is 21.3. The van der Waals surface area contributed by atoms with Crippen molar-refractivity contribution in [3.8, 4) is 5.75 Å². The number of alkyl halides is 3. The first-order valence-electron chi connectivity index (χ1n) is 12.4. The van der Waals surface area contributed by atoms with Crippen molar-refractivity contribution in [2.24, 2.45) is 4.99 Å². The van der Waals surface area contributed by atoms with Crippen molar-refractivity contribution in [1.29, 1.82) is 0 Å². The first-order valence-corrected chi connectivity index (χ1v) is 13.2. The van der Waals surface area contributed by atoms with Crippen molar-refractivity contribution in [3.05, 3.63) is 45.2 Å². The molecule has 198 valence electrons. The minimum absolute atomic E-state index is 0.0253. The van der Waals surface area contributed by atoms with Crippen LogP contribution in [-0.2, 0) is 22.9 Å². The third kappa shape index (κ3) is 6.39. The molecular weight excluding hydrogens is 491 g/mol. The van der Waals surface area contributed by atoms with Gasteiger partial charge in [-0.05, 0) is 62.9 Å². The Kier molecular flexibility index (Phi) is 7.97. The van der Waals surface area contributed by atoms with Gasteiger partial charge in [-0.3, -0.25) is 4.79 Å². The van der Waals surface area contributed by atoms with E-state index in [-0.39, 0.29) is 28.9 Å². The van der Waals surface area contributed by atoms with E-state index in [4.69, 9.17) is 9.47 Å². The minimum Gasteiger partial charge on any atom is -0.491 e. The van der Waals surface area contributed by atoms with Crippen LogP contribution in [0.25, 0.3) is 0 Å². The molecule has 2 saturated heterocycles. The zero-order valence-electron chi connectivity index (χ0n) is 21.2. The van der Waals surface area contributed by atoms with E-state index in [1.807, 2.05) is 17.8 Å². The molecule has 0 bridgehead atoms. The fourth-order valence-corrected chi connectivity index (χ4v) is 5.53. The van der Waals surface area contributed by atoms with Gasteiger partial charge in [0.15, 0.2) is 4.80 Å². The molecule has 2 fully saturated rings. The molecule has 0 spiro atoms. The maximum atomic E-state index is 13.5. The van der Waals surface area contributed by atoms with Gasteiger partial charge < -0.3 is 18.9 Å². The van der Waals surface area contributed by atoms with Gasteiger partial charge in [-0.15, -0.1) is 11.3 Å². The zero-order chi connectivity index (χ0) is 26.1. The van der Waals surface area contributed by atoms with Gasteiger partial charge in [-0.25, -0.2) is 0 Å². The van der Waals surface area contributed by atoms with Crippen molar-refractivity contribution < 1.29 is 27.4 Å². The van der Waals surface area contributed by atoms with E-state index in [9.17, 15) is 18.0 Å². The molecule has 2 aromatic rings. The van der Waals surface area contributed by atoms with Crippen LogP contribution in [0, 0.1) is 0 Å². The van der Waals surface area contributed by atoms with E-state index in [1.165, 1.54) is 17.4 Å². The lowest BCUT2D eigenvalue weighted by atomic mass is 9.95. The average Bonchev–Trinajstić information content (AvgIpc) is 3.54. The minimum atomic E-state index is -4.58. The number of carbonyl (C=O) groups excluding carboxylic acids is 1. The quantitative estimate of drug-likeness (QED) is 0.517. The second kappa shape index (κ2) is 10.7. The van der Waals surface area contributed by atoms with Crippen molar-refractivity contribution in [1.82, 2.24) is 9.47 Å². The van der Waals surface area contributed by atoms with Crippen LogP contribution in [0.2, 0.25) is 0 Å². The number of likely N-dealkylation sites (N-methyl/N-ethyl adjacent to an activating group) is 1. The molecule has 3 heterocycles. The molecule has 36 heavy (non-hydrogen) atoms. The van der Waals surface area contributed by atoms with Gasteiger partial charge in [0, 0.05) is 23.7 Å². The first kappa shape index (κ1) is 26.9. The SMILES string of the molecule is CN1CCC[C@H]1COc1ccc(C(F)(F)F)cc1C(=O)/N=c1\sc(C(C)(C)C)cn1C[C@H]1CCCO1. The largest absolute Gasteiger partial charge is 0.491 e. The molecule has 4 rings (SSSR count). The van der Waals surface area contributed by atoms with Gasteiger partial charge >= 0.3 is 6.18 Å². The maximum Gasteiger partial charge on any atom is 0.416 e. The summed E-state index contributed by atoms with van der Waals surface area (Å²) in [6.45, 7) is 8.70. The molecule has 2 aliphatic heterocycles. The van der Waals surface area contributed by atoms with Crippen LogP contribution in [0.1, 0.15) is 67.3 Å². The van der Waals surface area contributed by atoms with Crippen molar-refractivity contribution in [2.75, 3.05) is 26.8 Å². The summed E-state index contributed by atoms with van der Waals surface area (Å²) in [5.41, 5.74) is -1.25. The molecule has 10 heteroatoms. The van der Waals surface area contributed by atoms with Crippen LogP contribution in [0.3, 0.4) is 0 Å². The molecule has 0 unspecified atom stereocenters. The summed E-state index contributed by atoms with van der Waals surface area (Å²) in [5, 5.41) is 0. The Labute approximate surface area is 213 Å². The van der Waals surface area contributed by atoms with Gasteiger partial charge in [0.1, 0.15) is 12.4 Å². The molecule has 1 aromatic carbocycles. The van der Waals surface area contributed by atoms with Crippen LogP contribution < -0.4 is 9.54 Å². The summed E-state index contributed by atoms with van der Waals surface area (Å²) < 4.78 is 54.0. The van der Waals surface area contributed by atoms with E-state index < -0.39 is 17.6 Å². The fraction of sp³-hybridized carbons (Fsp3) is 0.615. The summed E-state index contributed by atoms with van der Waals surface area (Å²) in [7, 11) is 1.99. The summed E-state index contributed by atoms with van der Waals surface area (Å²) in [5.74, 6) is -0.630. The second-order valence-corrected chi connectivity index (χ2v) is 11.6. The number of likely N-dealkylation sites (tertiary alicyclic amines) is 1. The van der Waals surface area contributed by atoms with E-state index in [0.29, 0.717) is 24.6 Å². The number of hydrogen-bond donors (Lipinski definition) is 0. The molecule has 0 aliphatic carbocycles. The van der Waals surface area contributed by atoms with Gasteiger partial charge in [0.25, 0.3) is 5.91 Å². The Morgan fingerprint density at radius 3 is 2.61 bits per heavy atom. The van der Waals surface area contributed by atoms with Crippen molar-refractivity contribution in [2.45, 2.75) is 76.7 Å². The smallest absolute Gasteiger partial charge is 0.416 e. The number of hydrogen-bond acceptors (Lipinski definition) is 5. The van der Waals surface area contributed by atoms with E-state index in [2.05, 4.69) is 30.7 Å². The third-order valence-corrected chi connectivity index (χ3v) is 8.17. The highest BCUT2D eigenvalue weighted by atomic mass is 32.1. The number of benzene rings is 1. The number of thiazole rings is 1. The van der Waals surface area contributed by atoms with Crippen molar-refractivity contribution in [3.63, 3.8) is 0 Å². The van der Waals surface area contributed by atoms with Crippen LogP contribution >= 0.6 is 11.3 Å². The van der Waals surface area contributed by atoms with Crippen LogP contribution in [0.15, 0.2) is 29.4 Å². The number of nitrogens with zero attached hydrogens (tertiary/aromatic N) is 3. The number of ether oxygens (including phenoxy) is 2. The molecule has 2 aliphatic rings. The average molecular weight is 526 g/mol. The lowest BCUT2D eigenvalue weighted by Gasteiger charge is -2.20. The topological polar surface area (TPSA) is 56.1 Å². The Balaban J connectivity index is 1.69. The van der Waals surface area contributed by atoms with E-state index >= 15 is 0 Å². The monoisotopic (exact) mass is 525 g/mol. The zero-order valence-corrected chi connectivity index (χ0v) is 22.0. The van der Waals surface area contributed by atoms with Gasteiger partial charge in [0.2, 0.25) is 0 Å². The standard InChI is InChI=1S/C26H34F3N3O3S/c1-25(2,3)22-15-32(14-19-8-6-12-34-19)24(36-22)30-23(33)20-13-17(26(27,28)29)9-10-21(20)35-16-18-7-5-11-31(18)4/h9-10,13,15,18-19H,5-8,11-12,14,16H2,1-4H3/b30-24-/t18-,19+/m0/s1. The van der Waals surface area contributed by atoms with E-state index in [1.54, 1.807) is 0 Å². The molecule has 2 atom stereocenters. The molecule has 0 saturated carbocycles. The lowest BCUT2D eigenvalue weighted by molar-refractivity contribution is -0.137. The van der Waals surface area contributed by atoms with E-state index in [0.717, 1.165) is 49.2 Å². The number of aromatic nitrogens is 1. The molecular formula is C26H34F3N3O3S. The van der Waals surface area contributed by atoms with Crippen LogP contribution in [0.5, 0.6) is 5.75 Å². The van der Waals surface area contributed by atoms with Crippen molar-refractivity contribution >= 4 is 17.2 Å². The Bertz CT molecular complexity index is 1140. The molecule has 1 aromatic heterocycles. The molecule has 0 radical (unpaired) electrons. The fourth-order valence-electron chi connectivity index (χ4n) is 4.47.